The van der Waals surface area contributed by atoms with E-state index in [1.165, 1.54) is 23.1 Å². The fourth-order valence-electron chi connectivity index (χ4n) is 1.49. The molecule has 0 spiro atoms. The summed E-state index contributed by atoms with van der Waals surface area (Å²) in [6.07, 6.45) is 0. The Morgan fingerprint density at radius 2 is 1.90 bits per heavy atom. The van der Waals surface area contributed by atoms with Gasteiger partial charge in [0.25, 0.3) is 16.1 Å². The Bertz CT molecular complexity index is 600. The van der Waals surface area contributed by atoms with Gasteiger partial charge in [0.05, 0.1) is 16.3 Å². The van der Waals surface area contributed by atoms with Crippen molar-refractivity contribution in [2.45, 2.75) is 19.9 Å². The van der Waals surface area contributed by atoms with Crippen LogP contribution in [0.15, 0.2) is 18.2 Å². The second-order valence-electron chi connectivity index (χ2n) is 4.77. The van der Waals surface area contributed by atoms with Crippen LogP contribution in [0.1, 0.15) is 24.2 Å². The van der Waals surface area contributed by atoms with Crippen LogP contribution in [-0.2, 0) is 10.2 Å². The number of nitrogens with one attached hydrogen (secondary N) is 2. The summed E-state index contributed by atoms with van der Waals surface area (Å²) < 4.78 is 28.1. The summed E-state index contributed by atoms with van der Waals surface area (Å²) in [5, 5.41) is 0.188. The molecule has 1 aromatic rings. The average molecular weight is 320 g/mol. The van der Waals surface area contributed by atoms with Crippen molar-refractivity contribution in [1.82, 2.24) is 9.62 Å². The molecule has 1 aromatic carbocycles. The minimum Gasteiger partial charge on any atom is -0.345 e. The molecule has 0 saturated carbocycles. The fourth-order valence-corrected chi connectivity index (χ4v) is 2.87. The Labute approximate surface area is 124 Å². The largest absolute Gasteiger partial charge is 0.345 e. The van der Waals surface area contributed by atoms with Crippen LogP contribution in [0.3, 0.4) is 0 Å². The molecule has 6 nitrogen and oxygen atoms in total. The zero-order valence-corrected chi connectivity index (χ0v) is 13.3. The number of rotatable bonds is 5. The maximum atomic E-state index is 11.8. The molecule has 20 heavy (non-hydrogen) atoms. The number of hydrogen-bond acceptors (Lipinski definition) is 3. The number of nitrogens with zero attached hydrogens (tertiary/aromatic N) is 1. The normalized spacial score (nSPS) is 11.5. The molecule has 0 aliphatic heterocycles. The average Bonchev–Trinajstić information content (AvgIpc) is 2.25. The number of benzene rings is 1. The van der Waals surface area contributed by atoms with E-state index >= 15 is 0 Å². The van der Waals surface area contributed by atoms with Crippen molar-refractivity contribution in [2.24, 2.45) is 0 Å². The summed E-state index contributed by atoms with van der Waals surface area (Å²) in [6.45, 7) is 3.43. The van der Waals surface area contributed by atoms with Gasteiger partial charge < -0.3 is 4.90 Å². The Balaban J connectivity index is 2.96. The SMILES string of the molecule is CC(C)NS(=O)(=O)Nc1ccc(C(=O)N(C)C)c(Cl)c1. The summed E-state index contributed by atoms with van der Waals surface area (Å²) in [4.78, 5) is 13.2. The van der Waals surface area contributed by atoms with E-state index < -0.39 is 10.2 Å². The number of halogens is 1. The van der Waals surface area contributed by atoms with E-state index in [0.29, 0.717) is 11.3 Å². The van der Waals surface area contributed by atoms with Crippen LogP contribution in [0.2, 0.25) is 5.02 Å². The van der Waals surface area contributed by atoms with Crippen molar-refractivity contribution in [2.75, 3.05) is 18.8 Å². The van der Waals surface area contributed by atoms with Crippen LogP contribution >= 0.6 is 11.6 Å². The molecule has 1 amide bonds. The first-order chi connectivity index (χ1) is 9.12. The van der Waals surface area contributed by atoms with E-state index in [-0.39, 0.29) is 17.0 Å². The lowest BCUT2D eigenvalue weighted by Gasteiger charge is -2.14. The van der Waals surface area contributed by atoms with E-state index in [0.717, 1.165) is 0 Å². The Morgan fingerprint density at radius 3 is 2.35 bits per heavy atom. The second kappa shape index (κ2) is 6.43. The van der Waals surface area contributed by atoms with Crippen LogP contribution in [0, 0.1) is 0 Å². The lowest BCUT2D eigenvalue weighted by Crippen LogP contribution is -2.35. The predicted molar refractivity (Wildman–Crippen MR) is 80.3 cm³/mol. The molecule has 0 saturated heterocycles. The first kappa shape index (κ1) is 16.7. The van der Waals surface area contributed by atoms with Gasteiger partial charge in [-0.05, 0) is 32.0 Å². The van der Waals surface area contributed by atoms with E-state index in [1.54, 1.807) is 27.9 Å². The van der Waals surface area contributed by atoms with Crippen LogP contribution in [0.5, 0.6) is 0 Å². The van der Waals surface area contributed by atoms with Crippen LogP contribution in [0.4, 0.5) is 5.69 Å². The van der Waals surface area contributed by atoms with Gasteiger partial charge in [-0.3, -0.25) is 9.52 Å². The molecule has 1 rings (SSSR count). The highest BCUT2D eigenvalue weighted by atomic mass is 35.5. The topological polar surface area (TPSA) is 78.5 Å². The van der Waals surface area contributed by atoms with E-state index in [1.807, 2.05) is 0 Å². The lowest BCUT2D eigenvalue weighted by molar-refractivity contribution is 0.0828. The standard InChI is InChI=1S/C12H18ClN3O3S/c1-8(2)14-20(18,19)15-9-5-6-10(11(13)7-9)12(17)16(3)4/h5-8,14-15H,1-4H3. The summed E-state index contributed by atoms with van der Waals surface area (Å²) in [5.74, 6) is -0.246. The van der Waals surface area contributed by atoms with Crippen LogP contribution < -0.4 is 9.44 Å². The van der Waals surface area contributed by atoms with Gasteiger partial charge in [-0.1, -0.05) is 11.6 Å². The van der Waals surface area contributed by atoms with E-state index in [4.69, 9.17) is 11.6 Å². The van der Waals surface area contributed by atoms with Crippen molar-refractivity contribution in [3.8, 4) is 0 Å². The van der Waals surface area contributed by atoms with Crippen LogP contribution in [-0.4, -0.2) is 39.4 Å². The Hall–Kier alpha value is -1.31. The molecular formula is C12H18ClN3O3S. The van der Waals surface area contributed by atoms with Gasteiger partial charge in [0, 0.05) is 20.1 Å². The molecule has 0 unspecified atom stereocenters. The van der Waals surface area contributed by atoms with Gasteiger partial charge in [-0.25, -0.2) is 0 Å². The highest BCUT2D eigenvalue weighted by molar-refractivity contribution is 7.90. The van der Waals surface area contributed by atoms with Crippen molar-refractivity contribution in [3.63, 3.8) is 0 Å². The molecule has 2 N–H and O–H groups in total. The van der Waals surface area contributed by atoms with Gasteiger partial charge in [0.1, 0.15) is 0 Å². The molecule has 0 atom stereocenters. The molecule has 0 aliphatic rings. The second-order valence-corrected chi connectivity index (χ2v) is 6.63. The predicted octanol–water partition coefficient (Wildman–Crippen LogP) is 1.70. The molecule has 0 radical (unpaired) electrons. The number of hydrogen-bond donors (Lipinski definition) is 2. The summed E-state index contributed by atoms with van der Waals surface area (Å²) in [6, 6.07) is 4.15. The summed E-state index contributed by atoms with van der Waals surface area (Å²) in [5.41, 5.74) is 0.606. The lowest BCUT2D eigenvalue weighted by atomic mass is 10.2. The van der Waals surface area contributed by atoms with Crippen LogP contribution in [0.25, 0.3) is 0 Å². The Morgan fingerprint density at radius 1 is 1.30 bits per heavy atom. The van der Waals surface area contributed by atoms with Crippen molar-refractivity contribution in [1.29, 1.82) is 0 Å². The third-order valence-electron chi connectivity index (χ3n) is 2.25. The van der Waals surface area contributed by atoms with Gasteiger partial charge in [0.15, 0.2) is 0 Å². The minimum atomic E-state index is -3.65. The maximum absolute atomic E-state index is 11.8. The highest BCUT2D eigenvalue weighted by Gasteiger charge is 2.15. The monoisotopic (exact) mass is 319 g/mol. The quantitative estimate of drug-likeness (QED) is 0.867. The molecule has 0 aromatic heterocycles. The van der Waals surface area contributed by atoms with Crippen molar-refractivity contribution in [3.05, 3.63) is 28.8 Å². The zero-order chi connectivity index (χ0) is 15.5. The first-order valence-electron chi connectivity index (χ1n) is 5.93. The van der Waals surface area contributed by atoms with Gasteiger partial charge >= 0.3 is 0 Å². The third kappa shape index (κ3) is 4.66. The smallest absolute Gasteiger partial charge is 0.299 e. The molecule has 0 aliphatic carbocycles. The van der Waals surface area contributed by atoms with Gasteiger partial charge in [-0.15, -0.1) is 0 Å². The molecule has 0 bridgehead atoms. The molecule has 112 valence electrons. The molecule has 0 fully saturated rings. The highest BCUT2D eigenvalue weighted by Crippen LogP contribution is 2.22. The molecule has 0 heterocycles. The minimum absolute atomic E-state index is 0.188. The number of carbonyl (C=O) groups is 1. The third-order valence-corrected chi connectivity index (χ3v) is 3.85. The number of carbonyl (C=O) groups excluding carboxylic acids is 1. The Kier molecular flexibility index (Phi) is 5.38. The van der Waals surface area contributed by atoms with Crippen molar-refractivity contribution >= 4 is 33.4 Å². The fraction of sp³-hybridized carbons (Fsp3) is 0.417. The van der Waals surface area contributed by atoms with Crippen molar-refractivity contribution < 1.29 is 13.2 Å². The van der Waals surface area contributed by atoms with E-state index in [2.05, 4.69) is 9.44 Å². The molecular weight excluding hydrogens is 302 g/mol. The summed E-state index contributed by atoms with van der Waals surface area (Å²) >= 11 is 6.00. The van der Waals surface area contributed by atoms with Gasteiger partial charge in [0.2, 0.25) is 0 Å². The summed E-state index contributed by atoms with van der Waals surface area (Å²) in [7, 11) is -0.428. The first-order valence-corrected chi connectivity index (χ1v) is 7.80. The molecule has 8 heteroatoms. The number of amides is 1. The number of anilines is 1. The maximum Gasteiger partial charge on any atom is 0.299 e. The van der Waals surface area contributed by atoms with E-state index in [9.17, 15) is 13.2 Å². The zero-order valence-electron chi connectivity index (χ0n) is 11.8. The van der Waals surface area contributed by atoms with Gasteiger partial charge in [-0.2, -0.15) is 13.1 Å².